The summed E-state index contributed by atoms with van der Waals surface area (Å²) in [6.45, 7) is -0.346. The third kappa shape index (κ3) is 4.06. The van der Waals surface area contributed by atoms with Crippen molar-refractivity contribution >= 4 is 5.82 Å². The second-order valence-corrected chi connectivity index (χ2v) is 3.53. The monoisotopic (exact) mass is 233 g/mol. The maximum atomic E-state index is 12.1. The van der Waals surface area contributed by atoms with Gasteiger partial charge in [-0.2, -0.15) is 13.2 Å². The number of nitrogens with zero attached hydrogens (tertiary/aromatic N) is 2. The summed E-state index contributed by atoms with van der Waals surface area (Å²) in [5.41, 5.74) is 0.937. The summed E-state index contributed by atoms with van der Waals surface area (Å²) in [5, 5.41) is 2.94. The summed E-state index contributed by atoms with van der Waals surface area (Å²) in [7, 11) is 3.16. The molecule has 0 aliphatic carbocycles. The lowest BCUT2D eigenvalue weighted by Gasteiger charge is -2.19. The van der Waals surface area contributed by atoms with E-state index in [1.54, 1.807) is 25.4 Å². The molecule has 0 unspecified atom stereocenters. The first-order chi connectivity index (χ1) is 7.42. The van der Waals surface area contributed by atoms with Crippen molar-refractivity contribution in [2.24, 2.45) is 0 Å². The maximum Gasteiger partial charge on any atom is 0.405 e. The second kappa shape index (κ2) is 5.16. The Morgan fingerprint density at radius 1 is 1.38 bits per heavy atom. The molecule has 0 atom stereocenters. The van der Waals surface area contributed by atoms with Crippen LogP contribution in [-0.4, -0.2) is 31.8 Å². The van der Waals surface area contributed by atoms with Crippen LogP contribution in [0.25, 0.3) is 0 Å². The van der Waals surface area contributed by atoms with Crippen LogP contribution in [0.1, 0.15) is 5.56 Å². The molecule has 3 nitrogen and oxygen atoms in total. The van der Waals surface area contributed by atoms with E-state index in [0.29, 0.717) is 12.4 Å². The Morgan fingerprint density at radius 2 is 2.06 bits per heavy atom. The molecule has 1 N–H and O–H groups in total. The van der Waals surface area contributed by atoms with Gasteiger partial charge in [0.15, 0.2) is 0 Å². The van der Waals surface area contributed by atoms with E-state index < -0.39 is 12.7 Å². The molecule has 0 aliphatic heterocycles. The fourth-order valence-electron chi connectivity index (χ4n) is 1.30. The minimum Gasteiger partial charge on any atom is -0.351 e. The van der Waals surface area contributed by atoms with E-state index in [-0.39, 0.29) is 0 Å². The summed E-state index contributed by atoms with van der Waals surface area (Å²) >= 11 is 0. The first kappa shape index (κ1) is 12.8. The van der Waals surface area contributed by atoms with Crippen LogP contribution in [-0.2, 0) is 6.54 Å². The highest BCUT2D eigenvalue weighted by Gasteiger charge is 2.29. The smallest absolute Gasteiger partial charge is 0.351 e. The van der Waals surface area contributed by atoms with Crippen LogP contribution < -0.4 is 10.2 Å². The van der Waals surface area contributed by atoms with Crippen molar-refractivity contribution in [3.05, 3.63) is 23.9 Å². The van der Waals surface area contributed by atoms with Crippen LogP contribution in [0.15, 0.2) is 18.3 Å². The Bertz CT molecular complexity index is 321. The Kier molecular flexibility index (Phi) is 4.12. The highest BCUT2D eigenvalue weighted by Crippen LogP contribution is 2.19. The number of hydrogen-bond donors (Lipinski definition) is 1. The van der Waals surface area contributed by atoms with Gasteiger partial charge in [0.2, 0.25) is 0 Å². The fraction of sp³-hybridized carbons (Fsp3) is 0.500. The van der Waals surface area contributed by atoms with E-state index >= 15 is 0 Å². The van der Waals surface area contributed by atoms with Gasteiger partial charge in [-0.1, -0.05) is 6.07 Å². The van der Waals surface area contributed by atoms with Gasteiger partial charge in [0, 0.05) is 19.8 Å². The quantitative estimate of drug-likeness (QED) is 0.859. The average Bonchev–Trinajstić information content (AvgIpc) is 2.16. The van der Waals surface area contributed by atoms with Crippen LogP contribution in [0.3, 0.4) is 0 Å². The molecule has 0 aliphatic rings. The SMILES string of the molecule is CNCc1ccc(N(C)CC(F)(F)F)nc1. The molecule has 90 valence electrons. The number of hydrogen-bond acceptors (Lipinski definition) is 3. The predicted molar refractivity (Wildman–Crippen MR) is 56.3 cm³/mol. The molecule has 1 rings (SSSR count). The van der Waals surface area contributed by atoms with Crippen LogP contribution in [0.5, 0.6) is 0 Å². The van der Waals surface area contributed by atoms with Gasteiger partial charge < -0.3 is 10.2 Å². The van der Waals surface area contributed by atoms with Gasteiger partial charge in [0.1, 0.15) is 12.4 Å². The molecule has 0 amide bonds. The second-order valence-electron chi connectivity index (χ2n) is 3.53. The highest BCUT2D eigenvalue weighted by atomic mass is 19.4. The normalized spacial score (nSPS) is 11.6. The summed E-state index contributed by atoms with van der Waals surface area (Å²) < 4.78 is 36.3. The molecule has 0 saturated carbocycles. The van der Waals surface area contributed by atoms with E-state index in [9.17, 15) is 13.2 Å². The van der Waals surface area contributed by atoms with Gasteiger partial charge in [-0.05, 0) is 18.7 Å². The number of anilines is 1. The third-order valence-electron chi connectivity index (χ3n) is 2.00. The standard InChI is InChI=1S/C10H14F3N3/c1-14-5-8-3-4-9(15-6-8)16(2)7-10(11,12)13/h3-4,6,14H,5,7H2,1-2H3. The zero-order valence-electron chi connectivity index (χ0n) is 9.17. The van der Waals surface area contributed by atoms with E-state index in [2.05, 4.69) is 10.3 Å². The molecule has 16 heavy (non-hydrogen) atoms. The zero-order chi connectivity index (χ0) is 12.2. The lowest BCUT2D eigenvalue weighted by molar-refractivity contribution is -0.119. The Balaban J connectivity index is 2.66. The fourth-order valence-corrected chi connectivity index (χ4v) is 1.30. The third-order valence-corrected chi connectivity index (χ3v) is 2.00. The first-order valence-electron chi connectivity index (χ1n) is 4.80. The molecule has 0 radical (unpaired) electrons. The summed E-state index contributed by atoms with van der Waals surface area (Å²) in [5.74, 6) is 0.317. The number of halogens is 3. The molecule has 1 aromatic rings. The number of alkyl halides is 3. The van der Waals surface area contributed by atoms with Gasteiger partial charge >= 0.3 is 6.18 Å². The van der Waals surface area contributed by atoms with Gasteiger partial charge in [-0.15, -0.1) is 0 Å². The number of rotatable bonds is 4. The lowest BCUT2D eigenvalue weighted by atomic mass is 10.3. The maximum absolute atomic E-state index is 12.1. The Hall–Kier alpha value is -1.30. The van der Waals surface area contributed by atoms with Gasteiger partial charge in [-0.25, -0.2) is 4.98 Å². The molecule has 0 saturated heterocycles. The molecular formula is C10H14F3N3. The molecule has 0 fully saturated rings. The van der Waals surface area contributed by atoms with Crippen LogP contribution in [0.2, 0.25) is 0 Å². The Morgan fingerprint density at radius 3 is 2.50 bits per heavy atom. The first-order valence-corrected chi connectivity index (χ1v) is 4.80. The predicted octanol–water partition coefficient (Wildman–Crippen LogP) is 1.80. The highest BCUT2D eigenvalue weighted by molar-refractivity contribution is 5.38. The summed E-state index contributed by atoms with van der Waals surface area (Å²) in [6.07, 6.45) is -2.64. The van der Waals surface area contributed by atoms with Gasteiger partial charge in [0.25, 0.3) is 0 Å². The Labute approximate surface area is 92.3 Å². The van der Waals surface area contributed by atoms with E-state index in [4.69, 9.17) is 0 Å². The molecule has 1 heterocycles. The van der Waals surface area contributed by atoms with Crippen molar-refractivity contribution in [1.82, 2.24) is 10.3 Å². The topological polar surface area (TPSA) is 28.2 Å². The minimum absolute atomic E-state index is 0.317. The molecule has 0 bridgehead atoms. The summed E-state index contributed by atoms with van der Waals surface area (Å²) in [6, 6.07) is 3.34. The molecule has 0 aromatic carbocycles. The van der Waals surface area contributed by atoms with E-state index in [1.165, 1.54) is 7.05 Å². The van der Waals surface area contributed by atoms with Crippen molar-refractivity contribution in [2.75, 3.05) is 25.5 Å². The molecule has 0 spiro atoms. The number of aromatic nitrogens is 1. The number of pyridine rings is 1. The van der Waals surface area contributed by atoms with Crippen molar-refractivity contribution in [1.29, 1.82) is 0 Å². The van der Waals surface area contributed by atoms with Gasteiger partial charge in [-0.3, -0.25) is 0 Å². The van der Waals surface area contributed by atoms with E-state index in [0.717, 1.165) is 10.5 Å². The van der Waals surface area contributed by atoms with Crippen LogP contribution in [0, 0.1) is 0 Å². The summed E-state index contributed by atoms with van der Waals surface area (Å²) in [4.78, 5) is 5.04. The molecular weight excluding hydrogens is 219 g/mol. The van der Waals surface area contributed by atoms with Crippen LogP contribution >= 0.6 is 0 Å². The number of nitrogens with one attached hydrogen (secondary N) is 1. The van der Waals surface area contributed by atoms with Gasteiger partial charge in [0.05, 0.1) is 0 Å². The van der Waals surface area contributed by atoms with Crippen molar-refractivity contribution in [3.8, 4) is 0 Å². The molecule has 6 heteroatoms. The molecule has 1 aromatic heterocycles. The minimum atomic E-state index is -4.21. The van der Waals surface area contributed by atoms with Crippen molar-refractivity contribution in [3.63, 3.8) is 0 Å². The largest absolute Gasteiger partial charge is 0.405 e. The zero-order valence-corrected chi connectivity index (χ0v) is 9.17. The van der Waals surface area contributed by atoms with E-state index in [1.807, 2.05) is 0 Å². The van der Waals surface area contributed by atoms with Crippen molar-refractivity contribution in [2.45, 2.75) is 12.7 Å². The average molecular weight is 233 g/mol. The lowest BCUT2D eigenvalue weighted by Crippen LogP contribution is -2.31. The van der Waals surface area contributed by atoms with Crippen LogP contribution in [0.4, 0.5) is 19.0 Å². The van der Waals surface area contributed by atoms with Crippen molar-refractivity contribution < 1.29 is 13.2 Å².